The Morgan fingerprint density at radius 3 is 2.09 bits per heavy atom. The molecular weight excluding hydrogens is 450 g/mol. The van der Waals surface area contributed by atoms with E-state index in [-0.39, 0.29) is 49.4 Å². The highest BCUT2D eigenvalue weighted by atomic mass is 32.2. The van der Waals surface area contributed by atoms with Crippen LogP contribution in [0.2, 0.25) is 0 Å². The zero-order valence-electron chi connectivity index (χ0n) is 17.7. The van der Waals surface area contributed by atoms with Gasteiger partial charge >= 0.3 is 0 Å². The minimum absolute atomic E-state index is 0.0229. The number of ether oxygens (including phenoxy) is 1. The number of amides is 1. The monoisotopic (exact) mass is 472 g/mol. The van der Waals surface area contributed by atoms with Gasteiger partial charge in [-0.3, -0.25) is 4.79 Å². The van der Waals surface area contributed by atoms with Gasteiger partial charge in [0.05, 0.1) is 4.90 Å². The van der Waals surface area contributed by atoms with Crippen LogP contribution >= 0.6 is 0 Å². The van der Waals surface area contributed by atoms with Gasteiger partial charge < -0.3 is 9.64 Å². The quantitative estimate of drug-likeness (QED) is 0.549. The summed E-state index contributed by atoms with van der Waals surface area (Å²) in [7, 11) is -3.75. The van der Waals surface area contributed by atoms with Crippen molar-refractivity contribution < 1.29 is 26.7 Å². The molecule has 0 radical (unpaired) electrons. The Morgan fingerprint density at radius 1 is 0.848 bits per heavy atom. The summed E-state index contributed by atoms with van der Waals surface area (Å²) < 4.78 is 58.7. The predicted molar refractivity (Wildman–Crippen MR) is 118 cm³/mol. The maximum atomic E-state index is 13.1. The third-order valence-corrected chi connectivity index (χ3v) is 7.29. The van der Waals surface area contributed by atoms with E-state index in [1.807, 2.05) is 0 Å². The van der Waals surface area contributed by atoms with Crippen molar-refractivity contribution in [3.63, 3.8) is 0 Å². The Kier molecular flexibility index (Phi) is 6.71. The first-order valence-corrected chi connectivity index (χ1v) is 11.8. The van der Waals surface area contributed by atoms with Gasteiger partial charge in [0.25, 0.3) is 5.91 Å². The summed E-state index contributed by atoms with van der Waals surface area (Å²) in [5.41, 5.74) is 1.23. The van der Waals surface area contributed by atoms with Crippen LogP contribution in [-0.2, 0) is 16.6 Å². The van der Waals surface area contributed by atoms with Crippen molar-refractivity contribution in [2.45, 2.75) is 11.5 Å². The van der Waals surface area contributed by atoms with E-state index in [4.69, 9.17) is 4.74 Å². The molecule has 0 spiro atoms. The first-order valence-electron chi connectivity index (χ1n) is 10.4. The van der Waals surface area contributed by atoms with Crippen LogP contribution in [0.4, 0.5) is 8.78 Å². The van der Waals surface area contributed by atoms with Crippen LogP contribution in [0.15, 0.2) is 77.7 Å². The molecule has 6 nitrogen and oxygen atoms in total. The lowest BCUT2D eigenvalue weighted by atomic mass is 10.1. The fourth-order valence-corrected chi connectivity index (χ4v) is 4.96. The van der Waals surface area contributed by atoms with Crippen molar-refractivity contribution in [3.8, 4) is 5.75 Å². The largest absolute Gasteiger partial charge is 0.489 e. The molecule has 1 fully saturated rings. The molecule has 3 aromatic carbocycles. The number of carbonyl (C=O) groups is 1. The Bertz CT molecular complexity index is 1220. The molecule has 3 aromatic rings. The summed E-state index contributed by atoms with van der Waals surface area (Å²) in [4.78, 5) is 14.6. The fraction of sp³-hybridized carbons (Fsp3) is 0.208. The van der Waals surface area contributed by atoms with E-state index in [1.165, 1.54) is 28.6 Å². The number of hydrogen-bond donors (Lipinski definition) is 0. The Hall–Kier alpha value is -3.30. The van der Waals surface area contributed by atoms with Crippen molar-refractivity contribution in [2.24, 2.45) is 0 Å². The van der Waals surface area contributed by atoms with E-state index < -0.39 is 15.8 Å². The SMILES string of the molecule is O=C(c1cccc(OCc2ccc(F)cc2)c1)N1CCN(S(=O)(=O)c2ccc(F)cc2)CC1. The van der Waals surface area contributed by atoms with Crippen LogP contribution in [0.5, 0.6) is 5.75 Å². The highest BCUT2D eigenvalue weighted by Crippen LogP contribution is 2.21. The number of benzene rings is 3. The van der Waals surface area contributed by atoms with E-state index in [2.05, 4.69) is 0 Å². The Morgan fingerprint density at radius 2 is 1.45 bits per heavy atom. The van der Waals surface area contributed by atoms with Gasteiger partial charge in [0, 0.05) is 31.7 Å². The first-order chi connectivity index (χ1) is 15.8. The molecule has 0 aromatic heterocycles. The second-order valence-electron chi connectivity index (χ2n) is 7.59. The molecule has 0 atom stereocenters. The molecule has 1 aliphatic heterocycles. The zero-order valence-corrected chi connectivity index (χ0v) is 18.5. The topological polar surface area (TPSA) is 66.9 Å². The third-order valence-electron chi connectivity index (χ3n) is 5.38. The van der Waals surface area contributed by atoms with E-state index in [9.17, 15) is 22.0 Å². The van der Waals surface area contributed by atoms with Gasteiger partial charge in [-0.25, -0.2) is 17.2 Å². The lowest BCUT2D eigenvalue weighted by molar-refractivity contribution is 0.0697. The van der Waals surface area contributed by atoms with Crippen LogP contribution < -0.4 is 4.74 Å². The van der Waals surface area contributed by atoms with Gasteiger partial charge in [0.2, 0.25) is 10.0 Å². The summed E-state index contributed by atoms with van der Waals surface area (Å²) in [5, 5.41) is 0. The lowest BCUT2D eigenvalue weighted by Gasteiger charge is -2.34. The van der Waals surface area contributed by atoms with Gasteiger partial charge in [-0.05, 0) is 60.2 Å². The number of hydrogen-bond acceptors (Lipinski definition) is 4. The van der Waals surface area contributed by atoms with Gasteiger partial charge in [-0.15, -0.1) is 0 Å². The van der Waals surface area contributed by atoms with Crippen LogP contribution in [0.3, 0.4) is 0 Å². The number of carbonyl (C=O) groups excluding carboxylic acids is 1. The molecule has 4 rings (SSSR count). The number of halogens is 2. The molecule has 0 N–H and O–H groups in total. The average Bonchev–Trinajstić information content (AvgIpc) is 2.84. The average molecular weight is 473 g/mol. The summed E-state index contributed by atoms with van der Waals surface area (Å²) in [6.07, 6.45) is 0. The highest BCUT2D eigenvalue weighted by molar-refractivity contribution is 7.89. The van der Waals surface area contributed by atoms with Gasteiger partial charge in [0.15, 0.2) is 0 Å². The molecule has 1 amide bonds. The van der Waals surface area contributed by atoms with Crippen molar-refractivity contribution >= 4 is 15.9 Å². The molecule has 1 saturated heterocycles. The normalized spacial score (nSPS) is 14.8. The van der Waals surface area contributed by atoms with Gasteiger partial charge in [-0.2, -0.15) is 4.31 Å². The van der Waals surface area contributed by atoms with Crippen LogP contribution in [0, 0.1) is 11.6 Å². The lowest BCUT2D eigenvalue weighted by Crippen LogP contribution is -2.50. The van der Waals surface area contributed by atoms with Crippen LogP contribution in [-0.4, -0.2) is 49.7 Å². The highest BCUT2D eigenvalue weighted by Gasteiger charge is 2.30. The van der Waals surface area contributed by atoms with Crippen molar-refractivity contribution in [1.29, 1.82) is 0 Å². The molecule has 1 aliphatic rings. The molecule has 172 valence electrons. The van der Waals surface area contributed by atoms with E-state index >= 15 is 0 Å². The second-order valence-corrected chi connectivity index (χ2v) is 9.53. The molecular formula is C24H22F2N2O4S. The molecule has 0 bridgehead atoms. The minimum atomic E-state index is -3.75. The summed E-state index contributed by atoms with van der Waals surface area (Å²) in [5.74, 6) is -0.547. The van der Waals surface area contributed by atoms with E-state index in [0.717, 1.165) is 17.7 Å². The van der Waals surface area contributed by atoms with Crippen molar-refractivity contribution in [1.82, 2.24) is 9.21 Å². The molecule has 33 heavy (non-hydrogen) atoms. The van der Waals surface area contributed by atoms with E-state index in [1.54, 1.807) is 41.3 Å². The number of nitrogens with zero attached hydrogens (tertiary/aromatic N) is 2. The minimum Gasteiger partial charge on any atom is -0.489 e. The standard InChI is InChI=1S/C24H22F2N2O4S/c25-20-6-4-18(5-7-20)17-32-22-3-1-2-19(16-22)24(29)27-12-14-28(15-13-27)33(30,31)23-10-8-21(26)9-11-23/h1-11,16H,12-15,17H2. The van der Waals surface area contributed by atoms with Gasteiger partial charge in [-0.1, -0.05) is 18.2 Å². The number of sulfonamides is 1. The Labute approximate surface area is 191 Å². The molecule has 0 saturated carbocycles. The maximum absolute atomic E-state index is 13.1. The van der Waals surface area contributed by atoms with E-state index in [0.29, 0.717) is 11.3 Å². The molecule has 1 heterocycles. The van der Waals surface area contributed by atoms with Crippen molar-refractivity contribution in [2.75, 3.05) is 26.2 Å². The van der Waals surface area contributed by atoms with Crippen LogP contribution in [0.1, 0.15) is 15.9 Å². The third kappa shape index (κ3) is 5.37. The summed E-state index contributed by atoms with van der Waals surface area (Å²) >= 11 is 0. The molecule has 9 heteroatoms. The predicted octanol–water partition coefficient (Wildman–Crippen LogP) is 3.69. The number of rotatable bonds is 6. The smallest absolute Gasteiger partial charge is 0.254 e. The molecule has 0 aliphatic carbocycles. The second kappa shape index (κ2) is 9.68. The molecule has 0 unspecified atom stereocenters. The maximum Gasteiger partial charge on any atom is 0.254 e. The Balaban J connectivity index is 1.37. The summed E-state index contributed by atoms with van der Waals surface area (Å²) in [6.45, 7) is 0.996. The number of piperazine rings is 1. The summed E-state index contributed by atoms with van der Waals surface area (Å²) in [6, 6.07) is 17.4. The van der Waals surface area contributed by atoms with Crippen LogP contribution in [0.25, 0.3) is 0 Å². The zero-order chi connectivity index (χ0) is 23.4. The first kappa shape index (κ1) is 22.9. The fourth-order valence-electron chi connectivity index (χ4n) is 3.54. The van der Waals surface area contributed by atoms with Crippen molar-refractivity contribution in [3.05, 3.63) is 95.6 Å². The van der Waals surface area contributed by atoms with Gasteiger partial charge in [0.1, 0.15) is 24.0 Å².